The van der Waals surface area contributed by atoms with E-state index in [4.69, 9.17) is 21.6 Å². The van der Waals surface area contributed by atoms with Crippen LogP contribution in [0.2, 0.25) is 0 Å². The highest BCUT2D eigenvalue weighted by Crippen LogP contribution is 2.25. The second-order valence-corrected chi connectivity index (χ2v) is 7.23. The largest absolute Gasteiger partial charge is 0.446 e. The quantitative estimate of drug-likeness (QED) is 0.266. The van der Waals surface area contributed by atoms with Crippen LogP contribution in [0.15, 0.2) is 78.9 Å². The fraction of sp³-hybridized carbons (Fsp3) is 0.125. The van der Waals surface area contributed by atoms with Gasteiger partial charge in [-0.2, -0.15) is 0 Å². The Morgan fingerprint density at radius 1 is 0.968 bits per heavy atom. The van der Waals surface area contributed by atoms with E-state index in [-0.39, 0.29) is 18.0 Å². The van der Waals surface area contributed by atoms with Gasteiger partial charge in [-0.15, -0.1) is 0 Å². The molecular weight excluding hydrogens is 392 g/mol. The summed E-state index contributed by atoms with van der Waals surface area (Å²) in [4.78, 5) is 25.7. The molecule has 1 amide bonds. The molecule has 1 atom stereocenters. The van der Waals surface area contributed by atoms with Gasteiger partial charge >= 0.3 is 6.09 Å². The third-order valence-electron chi connectivity index (χ3n) is 4.86. The summed E-state index contributed by atoms with van der Waals surface area (Å²) < 4.78 is 5.35. The highest BCUT2D eigenvalue weighted by Gasteiger charge is 2.38. The van der Waals surface area contributed by atoms with Crippen LogP contribution in [0.5, 0.6) is 0 Å². The van der Waals surface area contributed by atoms with Crippen LogP contribution in [-0.2, 0) is 10.3 Å². The molecule has 7 heteroatoms. The summed E-state index contributed by atoms with van der Waals surface area (Å²) in [6.07, 6.45) is -0.722. The van der Waals surface area contributed by atoms with Crippen LogP contribution in [0.1, 0.15) is 27.0 Å². The number of hydrogen-bond acceptors (Lipinski definition) is 5. The highest BCUT2D eigenvalue weighted by atomic mass is 16.5. The van der Waals surface area contributed by atoms with Gasteiger partial charge in [0.05, 0.1) is 0 Å². The molecule has 0 aliphatic carbocycles. The summed E-state index contributed by atoms with van der Waals surface area (Å²) in [6, 6.07) is 22.3. The van der Waals surface area contributed by atoms with E-state index in [1.54, 1.807) is 60.7 Å². The van der Waals surface area contributed by atoms with Gasteiger partial charge in [0, 0.05) is 16.8 Å². The maximum absolute atomic E-state index is 13.4. The van der Waals surface area contributed by atoms with Gasteiger partial charge in [-0.1, -0.05) is 66.2 Å². The van der Waals surface area contributed by atoms with Crippen LogP contribution in [0.3, 0.4) is 0 Å². The van der Waals surface area contributed by atoms with Gasteiger partial charge in [0.15, 0.2) is 5.78 Å². The van der Waals surface area contributed by atoms with E-state index in [0.29, 0.717) is 16.8 Å². The van der Waals surface area contributed by atoms with Crippen molar-refractivity contribution in [2.45, 2.75) is 12.5 Å². The molecule has 0 saturated carbocycles. The summed E-state index contributed by atoms with van der Waals surface area (Å²) in [6.45, 7) is 1.56. The van der Waals surface area contributed by atoms with Crippen LogP contribution in [0, 0.1) is 12.3 Å². The van der Waals surface area contributed by atoms with Gasteiger partial charge < -0.3 is 16.2 Å². The predicted octanol–water partition coefficient (Wildman–Crippen LogP) is 3.56. The van der Waals surface area contributed by atoms with Crippen molar-refractivity contribution in [1.82, 2.24) is 0 Å². The molecule has 0 saturated heterocycles. The standard InChI is InChI=1S/C24H24N4O3/c1-16-10-12-20(13-11-16)28-23(30)31-15-24(27,19-8-3-2-4-9-19)21(29)17-6-5-7-18(14-17)22(25)26/h2-14H,15,27H2,1H3,(H3,25,26)(H,28,30)/t24-/m1/s1. The Hall–Kier alpha value is -3.97. The number of carbonyl (C=O) groups excluding carboxylic acids is 2. The molecule has 0 aliphatic rings. The van der Waals surface area contributed by atoms with Gasteiger partial charge in [0.25, 0.3) is 0 Å². The smallest absolute Gasteiger partial charge is 0.411 e. The molecular formula is C24H24N4O3. The maximum atomic E-state index is 13.4. The van der Waals surface area contributed by atoms with Crippen molar-refractivity contribution < 1.29 is 14.3 Å². The molecule has 3 aromatic rings. The van der Waals surface area contributed by atoms with E-state index in [0.717, 1.165) is 5.56 Å². The number of hydrogen-bond donors (Lipinski definition) is 4. The van der Waals surface area contributed by atoms with Crippen LogP contribution >= 0.6 is 0 Å². The van der Waals surface area contributed by atoms with Gasteiger partial charge in [0.2, 0.25) is 0 Å². The normalized spacial score (nSPS) is 12.5. The van der Waals surface area contributed by atoms with Crippen molar-refractivity contribution in [3.8, 4) is 0 Å². The SMILES string of the molecule is Cc1ccc(NC(=O)OC[C@](N)(C(=O)c2cccc(C(=N)N)c2)c2ccccc2)cc1. The Balaban J connectivity index is 1.84. The van der Waals surface area contributed by atoms with Gasteiger partial charge in [0.1, 0.15) is 18.0 Å². The Bertz CT molecular complexity index is 1100. The fourth-order valence-corrected chi connectivity index (χ4v) is 3.07. The lowest BCUT2D eigenvalue weighted by Gasteiger charge is -2.28. The number of amidine groups is 1. The topological polar surface area (TPSA) is 131 Å². The molecule has 0 bridgehead atoms. The number of ketones is 1. The van der Waals surface area contributed by atoms with E-state index >= 15 is 0 Å². The highest BCUT2D eigenvalue weighted by molar-refractivity contribution is 6.06. The van der Waals surface area contributed by atoms with Gasteiger partial charge in [-0.05, 0) is 30.7 Å². The average molecular weight is 416 g/mol. The first-order valence-electron chi connectivity index (χ1n) is 9.64. The molecule has 0 radical (unpaired) electrons. The lowest BCUT2D eigenvalue weighted by molar-refractivity contribution is 0.0769. The number of amides is 1. The lowest BCUT2D eigenvalue weighted by Crippen LogP contribution is -2.49. The average Bonchev–Trinajstić information content (AvgIpc) is 2.79. The van der Waals surface area contributed by atoms with E-state index < -0.39 is 17.4 Å². The van der Waals surface area contributed by atoms with Crippen molar-refractivity contribution in [3.63, 3.8) is 0 Å². The Labute approximate surface area is 180 Å². The zero-order valence-electron chi connectivity index (χ0n) is 17.1. The molecule has 158 valence electrons. The summed E-state index contributed by atoms with van der Waals surface area (Å²) >= 11 is 0. The van der Waals surface area contributed by atoms with Crippen molar-refractivity contribution in [2.75, 3.05) is 11.9 Å². The number of nitrogen functional groups attached to an aromatic ring is 1. The number of nitrogens with two attached hydrogens (primary N) is 2. The molecule has 0 unspecified atom stereocenters. The molecule has 6 N–H and O–H groups in total. The Morgan fingerprint density at radius 2 is 1.61 bits per heavy atom. The molecule has 7 nitrogen and oxygen atoms in total. The number of carbonyl (C=O) groups is 2. The summed E-state index contributed by atoms with van der Waals surface area (Å²) in [5, 5.41) is 10.2. The zero-order chi connectivity index (χ0) is 22.4. The molecule has 3 aromatic carbocycles. The van der Waals surface area contributed by atoms with E-state index in [2.05, 4.69) is 5.32 Å². The summed E-state index contributed by atoms with van der Waals surface area (Å²) in [7, 11) is 0. The minimum atomic E-state index is -1.62. The molecule has 0 spiro atoms. The van der Waals surface area contributed by atoms with Crippen LogP contribution < -0.4 is 16.8 Å². The second kappa shape index (κ2) is 9.23. The predicted molar refractivity (Wildman–Crippen MR) is 120 cm³/mol. The summed E-state index contributed by atoms with van der Waals surface area (Å²) in [5.41, 5.74) is 13.3. The number of nitrogens with one attached hydrogen (secondary N) is 2. The molecule has 0 aliphatic heterocycles. The molecule has 0 aromatic heterocycles. The molecule has 3 rings (SSSR count). The minimum Gasteiger partial charge on any atom is -0.446 e. The lowest BCUT2D eigenvalue weighted by atomic mass is 9.83. The van der Waals surface area contributed by atoms with Crippen molar-refractivity contribution >= 4 is 23.4 Å². The Morgan fingerprint density at radius 3 is 2.26 bits per heavy atom. The third kappa shape index (κ3) is 5.15. The maximum Gasteiger partial charge on any atom is 0.411 e. The monoisotopic (exact) mass is 416 g/mol. The first-order valence-corrected chi connectivity index (χ1v) is 9.64. The van der Waals surface area contributed by atoms with E-state index in [9.17, 15) is 9.59 Å². The van der Waals surface area contributed by atoms with Gasteiger partial charge in [-0.3, -0.25) is 15.5 Å². The number of rotatable bonds is 7. The third-order valence-corrected chi connectivity index (χ3v) is 4.86. The number of aryl methyl sites for hydroxylation is 1. The molecule has 0 fully saturated rings. The number of benzene rings is 3. The molecule has 0 heterocycles. The van der Waals surface area contributed by atoms with E-state index in [1.165, 1.54) is 6.07 Å². The van der Waals surface area contributed by atoms with Gasteiger partial charge in [-0.25, -0.2) is 4.79 Å². The zero-order valence-corrected chi connectivity index (χ0v) is 17.1. The molecule has 31 heavy (non-hydrogen) atoms. The van der Waals surface area contributed by atoms with Crippen LogP contribution in [-0.4, -0.2) is 24.3 Å². The number of Topliss-reactive ketones (excluding diaryl/α,β-unsaturated/α-hetero) is 1. The fourth-order valence-electron chi connectivity index (χ4n) is 3.07. The number of anilines is 1. The Kier molecular flexibility index (Phi) is 6.47. The van der Waals surface area contributed by atoms with Crippen molar-refractivity contribution in [3.05, 3.63) is 101 Å². The number of ether oxygens (including phenoxy) is 1. The first-order chi connectivity index (χ1) is 14.8. The first kappa shape index (κ1) is 21.7. The van der Waals surface area contributed by atoms with Crippen LogP contribution in [0.4, 0.5) is 10.5 Å². The van der Waals surface area contributed by atoms with Crippen LogP contribution in [0.25, 0.3) is 0 Å². The second-order valence-electron chi connectivity index (χ2n) is 7.23. The summed E-state index contributed by atoms with van der Waals surface area (Å²) in [5.74, 6) is -0.615. The minimum absolute atomic E-state index is 0.161. The van der Waals surface area contributed by atoms with Crippen molar-refractivity contribution in [2.24, 2.45) is 11.5 Å². The van der Waals surface area contributed by atoms with Crippen molar-refractivity contribution in [1.29, 1.82) is 5.41 Å². The van der Waals surface area contributed by atoms with E-state index in [1.807, 2.05) is 19.1 Å².